The zero-order chi connectivity index (χ0) is 16.2. The first-order valence-corrected chi connectivity index (χ1v) is 9.02. The van der Waals surface area contributed by atoms with Crippen LogP contribution < -0.4 is 4.72 Å². The highest BCUT2D eigenvalue weighted by Gasteiger charge is 2.22. The monoisotopic (exact) mass is 377 g/mol. The molecule has 0 amide bonds. The highest BCUT2D eigenvalue weighted by Crippen LogP contribution is 2.26. The van der Waals surface area contributed by atoms with Crippen molar-refractivity contribution >= 4 is 31.9 Å². The van der Waals surface area contributed by atoms with Gasteiger partial charge in [-0.05, 0) is 38.0 Å². The first-order valence-electron chi connectivity index (χ1n) is 6.74. The molecule has 0 saturated heterocycles. The number of aromatic carboxylic acids is 1. The van der Waals surface area contributed by atoms with Gasteiger partial charge in [-0.15, -0.1) is 0 Å². The molecule has 0 aromatic heterocycles. The number of rotatable bonds is 7. The van der Waals surface area contributed by atoms with Crippen LogP contribution in [0.2, 0.25) is 0 Å². The van der Waals surface area contributed by atoms with E-state index in [-0.39, 0.29) is 16.5 Å². The van der Waals surface area contributed by atoms with Crippen LogP contribution in [-0.4, -0.2) is 25.5 Å². The number of carboxylic acids is 1. The van der Waals surface area contributed by atoms with Crippen molar-refractivity contribution in [3.8, 4) is 0 Å². The molecule has 0 aliphatic heterocycles. The van der Waals surface area contributed by atoms with Gasteiger partial charge < -0.3 is 5.11 Å². The van der Waals surface area contributed by atoms with Gasteiger partial charge in [-0.25, -0.2) is 17.9 Å². The minimum Gasteiger partial charge on any atom is -0.478 e. The molecule has 21 heavy (non-hydrogen) atoms. The summed E-state index contributed by atoms with van der Waals surface area (Å²) >= 11 is 3.21. The summed E-state index contributed by atoms with van der Waals surface area (Å²) in [5, 5.41) is 9.05. The molecule has 2 N–H and O–H groups in total. The fourth-order valence-electron chi connectivity index (χ4n) is 1.95. The molecule has 0 heterocycles. The first-order chi connectivity index (χ1) is 9.69. The molecule has 7 heteroatoms. The fourth-order valence-corrected chi connectivity index (χ4v) is 4.11. The van der Waals surface area contributed by atoms with E-state index < -0.39 is 16.0 Å². The predicted molar refractivity (Wildman–Crippen MR) is 85.1 cm³/mol. The standard InChI is InChI=1S/C14H20BrNO4S/c1-4-5-6-9(2)16-21(19,20)13-8-11(14(17)18)7-12(15)10(13)3/h7-9,16H,4-6H2,1-3H3,(H,17,18). The molecule has 0 aliphatic rings. The van der Waals surface area contributed by atoms with Gasteiger partial charge in [0.1, 0.15) is 0 Å². The molecule has 0 spiro atoms. The van der Waals surface area contributed by atoms with E-state index in [1.165, 1.54) is 12.1 Å². The molecule has 0 saturated carbocycles. The molecule has 0 radical (unpaired) electrons. The predicted octanol–water partition coefficient (Wildman–Crippen LogP) is 3.31. The first kappa shape index (κ1) is 18.1. The second kappa shape index (κ2) is 7.38. The van der Waals surface area contributed by atoms with E-state index in [0.717, 1.165) is 19.3 Å². The van der Waals surface area contributed by atoms with Crippen LogP contribution in [-0.2, 0) is 10.0 Å². The Morgan fingerprint density at radius 2 is 2.05 bits per heavy atom. The summed E-state index contributed by atoms with van der Waals surface area (Å²) in [6, 6.07) is 2.40. The molecule has 1 aromatic carbocycles. The highest BCUT2D eigenvalue weighted by molar-refractivity contribution is 9.10. The largest absolute Gasteiger partial charge is 0.478 e. The van der Waals surface area contributed by atoms with Crippen LogP contribution >= 0.6 is 15.9 Å². The van der Waals surface area contributed by atoms with Gasteiger partial charge in [-0.3, -0.25) is 0 Å². The van der Waals surface area contributed by atoms with Gasteiger partial charge in [0.05, 0.1) is 10.5 Å². The van der Waals surface area contributed by atoms with Crippen LogP contribution in [0.5, 0.6) is 0 Å². The molecule has 1 unspecified atom stereocenters. The lowest BCUT2D eigenvalue weighted by Crippen LogP contribution is -2.33. The lowest BCUT2D eigenvalue weighted by atomic mass is 10.1. The Labute approximate surface area is 133 Å². The molecule has 5 nitrogen and oxygen atoms in total. The van der Waals surface area contributed by atoms with Crippen molar-refractivity contribution in [2.24, 2.45) is 0 Å². The van der Waals surface area contributed by atoms with E-state index in [2.05, 4.69) is 20.7 Å². The van der Waals surface area contributed by atoms with Gasteiger partial charge in [0.25, 0.3) is 0 Å². The Balaban J connectivity index is 3.16. The Morgan fingerprint density at radius 1 is 1.43 bits per heavy atom. The van der Waals surface area contributed by atoms with Crippen molar-refractivity contribution in [2.75, 3.05) is 0 Å². The number of unbranched alkanes of at least 4 members (excludes halogenated alkanes) is 1. The van der Waals surface area contributed by atoms with Gasteiger partial charge in [0.15, 0.2) is 0 Å². The molecule has 0 aliphatic carbocycles. The number of sulfonamides is 1. The molecule has 1 atom stereocenters. The number of hydrogen-bond acceptors (Lipinski definition) is 3. The summed E-state index contributed by atoms with van der Waals surface area (Å²) in [7, 11) is -3.74. The van der Waals surface area contributed by atoms with Crippen molar-refractivity contribution in [2.45, 2.75) is 51.0 Å². The summed E-state index contributed by atoms with van der Waals surface area (Å²) < 4.78 is 27.9. The third-order valence-corrected chi connectivity index (χ3v) is 5.72. The smallest absolute Gasteiger partial charge is 0.335 e. The van der Waals surface area contributed by atoms with Crippen molar-refractivity contribution in [3.05, 3.63) is 27.7 Å². The summed E-state index contributed by atoms with van der Waals surface area (Å²) in [5.41, 5.74) is 0.434. The van der Waals surface area contributed by atoms with E-state index in [9.17, 15) is 13.2 Å². The molecular formula is C14H20BrNO4S. The molecule has 1 rings (SSSR count). The maximum atomic E-state index is 12.4. The van der Waals surface area contributed by atoms with E-state index in [0.29, 0.717) is 10.0 Å². The van der Waals surface area contributed by atoms with Gasteiger partial charge >= 0.3 is 5.97 Å². The molecule has 0 bridgehead atoms. The number of benzene rings is 1. The van der Waals surface area contributed by atoms with Crippen molar-refractivity contribution in [1.82, 2.24) is 4.72 Å². The van der Waals surface area contributed by atoms with E-state index in [1.807, 2.05) is 6.92 Å². The fraction of sp³-hybridized carbons (Fsp3) is 0.500. The summed E-state index contributed by atoms with van der Waals surface area (Å²) in [5.74, 6) is -1.16. The van der Waals surface area contributed by atoms with E-state index in [4.69, 9.17) is 5.11 Å². The molecule has 118 valence electrons. The van der Waals surface area contributed by atoms with Crippen LogP contribution in [0, 0.1) is 6.92 Å². The summed E-state index contributed by atoms with van der Waals surface area (Å²) in [4.78, 5) is 11.1. The van der Waals surface area contributed by atoms with Gasteiger partial charge in [-0.1, -0.05) is 35.7 Å². The quantitative estimate of drug-likeness (QED) is 0.763. The number of halogens is 1. The van der Waals surface area contributed by atoms with Crippen molar-refractivity contribution in [3.63, 3.8) is 0 Å². The number of nitrogens with one attached hydrogen (secondary N) is 1. The topological polar surface area (TPSA) is 83.5 Å². The number of carboxylic acid groups (broad SMARTS) is 1. The zero-order valence-corrected chi connectivity index (χ0v) is 14.7. The Kier molecular flexibility index (Phi) is 6.37. The normalized spacial score (nSPS) is 13.1. The van der Waals surface area contributed by atoms with Crippen LogP contribution in [0.15, 0.2) is 21.5 Å². The van der Waals surface area contributed by atoms with Crippen LogP contribution in [0.4, 0.5) is 0 Å². The maximum absolute atomic E-state index is 12.4. The van der Waals surface area contributed by atoms with Crippen LogP contribution in [0.3, 0.4) is 0 Å². The van der Waals surface area contributed by atoms with Crippen molar-refractivity contribution in [1.29, 1.82) is 0 Å². The molecular weight excluding hydrogens is 358 g/mol. The third kappa shape index (κ3) is 4.79. The Morgan fingerprint density at radius 3 is 2.57 bits per heavy atom. The summed E-state index contributed by atoms with van der Waals surface area (Å²) in [6.45, 7) is 5.48. The Bertz CT molecular complexity index is 628. The highest BCUT2D eigenvalue weighted by atomic mass is 79.9. The Hall–Kier alpha value is -0.920. The minimum absolute atomic E-state index is 0.00220. The minimum atomic E-state index is -3.74. The van der Waals surface area contributed by atoms with Gasteiger partial charge in [-0.2, -0.15) is 0 Å². The molecule has 0 fully saturated rings. The number of carbonyl (C=O) groups is 1. The second-order valence-corrected chi connectivity index (χ2v) is 7.59. The average Bonchev–Trinajstić information content (AvgIpc) is 2.38. The lowest BCUT2D eigenvalue weighted by Gasteiger charge is -2.16. The van der Waals surface area contributed by atoms with Crippen LogP contribution in [0.25, 0.3) is 0 Å². The van der Waals surface area contributed by atoms with E-state index in [1.54, 1.807) is 13.8 Å². The van der Waals surface area contributed by atoms with E-state index >= 15 is 0 Å². The SMILES string of the molecule is CCCCC(C)NS(=O)(=O)c1cc(C(=O)O)cc(Br)c1C. The summed E-state index contributed by atoms with van der Waals surface area (Å²) in [6.07, 6.45) is 2.67. The lowest BCUT2D eigenvalue weighted by molar-refractivity contribution is 0.0696. The maximum Gasteiger partial charge on any atom is 0.335 e. The molecule has 1 aromatic rings. The van der Waals surface area contributed by atoms with Gasteiger partial charge in [0, 0.05) is 10.5 Å². The zero-order valence-electron chi connectivity index (χ0n) is 12.3. The van der Waals surface area contributed by atoms with Gasteiger partial charge in [0.2, 0.25) is 10.0 Å². The second-order valence-electron chi connectivity index (χ2n) is 5.05. The third-order valence-electron chi connectivity index (χ3n) is 3.18. The number of hydrogen-bond donors (Lipinski definition) is 2. The van der Waals surface area contributed by atoms with Crippen LogP contribution in [0.1, 0.15) is 49.0 Å². The average molecular weight is 378 g/mol. The van der Waals surface area contributed by atoms with Crippen molar-refractivity contribution < 1.29 is 18.3 Å².